The quantitative estimate of drug-likeness (QED) is 0.684. The fourth-order valence-corrected chi connectivity index (χ4v) is 2.10. The first-order valence-electron chi connectivity index (χ1n) is 5.94. The van der Waals surface area contributed by atoms with E-state index in [9.17, 15) is 4.79 Å². The van der Waals surface area contributed by atoms with Crippen LogP contribution in [0, 0.1) is 0 Å². The number of aromatic nitrogens is 2. The summed E-state index contributed by atoms with van der Waals surface area (Å²) in [5.41, 5.74) is 2.27. The largest absolute Gasteiger partial charge is 0.307 e. The van der Waals surface area contributed by atoms with E-state index in [4.69, 9.17) is 11.6 Å². The van der Waals surface area contributed by atoms with Crippen LogP contribution in [-0.4, -0.2) is 15.2 Å². The molecule has 0 amide bonds. The average molecular weight is 271 g/mol. The molecule has 0 atom stereocenters. The maximum atomic E-state index is 12.1. The molecule has 94 valence electrons. The van der Waals surface area contributed by atoms with Gasteiger partial charge in [0, 0.05) is 23.0 Å². The second-order valence-corrected chi connectivity index (χ2v) is 4.74. The molecule has 0 saturated heterocycles. The summed E-state index contributed by atoms with van der Waals surface area (Å²) >= 11 is 5.80. The maximum absolute atomic E-state index is 12.1. The number of fused-ring (bicyclic) bond motifs is 1. The van der Waals surface area contributed by atoms with E-state index in [0.29, 0.717) is 17.0 Å². The normalized spacial score (nSPS) is 10.8. The van der Waals surface area contributed by atoms with Crippen LogP contribution in [0.5, 0.6) is 0 Å². The van der Waals surface area contributed by atoms with Crippen LogP contribution < -0.4 is 0 Å². The number of rotatable bonds is 3. The van der Waals surface area contributed by atoms with Crippen molar-refractivity contribution in [1.82, 2.24) is 9.38 Å². The van der Waals surface area contributed by atoms with E-state index in [-0.39, 0.29) is 5.78 Å². The molecule has 0 unspecified atom stereocenters. The van der Waals surface area contributed by atoms with Crippen LogP contribution in [0.25, 0.3) is 5.65 Å². The van der Waals surface area contributed by atoms with Crippen LogP contribution in [0.2, 0.25) is 5.02 Å². The van der Waals surface area contributed by atoms with Gasteiger partial charge in [0.1, 0.15) is 5.65 Å². The molecule has 0 saturated carbocycles. The fraction of sp³-hybridized carbons (Fsp3) is 0.0667. The summed E-state index contributed by atoms with van der Waals surface area (Å²) in [5, 5.41) is 0.629. The van der Waals surface area contributed by atoms with Crippen LogP contribution in [0.1, 0.15) is 16.1 Å². The first-order chi connectivity index (χ1) is 9.22. The average Bonchev–Trinajstić information content (AvgIpc) is 2.81. The Morgan fingerprint density at radius 2 is 1.95 bits per heavy atom. The fourth-order valence-electron chi connectivity index (χ4n) is 1.97. The van der Waals surface area contributed by atoms with Crippen LogP contribution in [0.15, 0.2) is 54.9 Å². The standard InChI is InChI=1S/C15H11ClN2O/c16-12-6-4-11(5-7-12)14(19)9-13-10-18-8-2-1-3-15(18)17-13/h1-8,10H,9H2. The summed E-state index contributed by atoms with van der Waals surface area (Å²) in [4.78, 5) is 16.5. The molecule has 19 heavy (non-hydrogen) atoms. The number of hydrogen-bond donors (Lipinski definition) is 0. The van der Waals surface area contributed by atoms with E-state index < -0.39 is 0 Å². The van der Waals surface area contributed by atoms with Crippen molar-refractivity contribution in [1.29, 1.82) is 0 Å². The number of carbonyl (C=O) groups is 1. The van der Waals surface area contributed by atoms with E-state index in [0.717, 1.165) is 11.3 Å². The molecule has 0 spiro atoms. The highest BCUT2D eigenvalue weighted by Gasteiger charge is 2.09. The topological polar surface area (TPSA) is 34.4 Å². The smallest absolute Gasteiger partial charge is 0.168 e. The predicted octanol–water partition coefficient (Wildman–Crippen LogP) is 3.41. The van der Waals surface area contributed by atoms with Crippen molar-refractivity contribution in [2.45, 2.75) is 6.42 Å². The Labute approximate surface area is 115 Å². The Morgan fingerprint density at radius 1 is 1.16 bits per heavy atom. The Hall–Kier alpha value is -2.13. The Bertz CT molecular complexity index is 698. The zero-order chi connectivity index (χ0) is 13.2. The van der Waals surface area contributed by atoms with Crippen LogP contribution in [0.3, 0.4) is 0 Å². The Morgan fingerprint density at radius 3 is 2.68 bits per heavy atom. The lowest BCUT2D eigenvalue weighted by atomic mass is 10.1. The second kappa shape index (κ2) is 4.86. The molecule has 3 aromatic rings. The van der Waals surface area contributed by atoms with Gasteiger partial charge in [0.25, 0.3) is 0 Å². The third-order valence-electron chi connectivity index (χ3n) is 2.92. The molecule has 2 heterocycles. The van der Waals surface area contributed by atoms with Gasteiger partial charge in [-0.05, 0) is 36.4 Å². The summed E-state index contributed by atoms with van der Waals surface area (Å²) in [5.74, 6) is 0.0417. The molecule has 2 aromatic heterocycles. The van der Waals surface area contributed by atoms with Gasteiger partial charge in [0.2, 0.25) is 0 Å². The summed E-state index contributed by atoms with van der Waals surface area (Å²) < 4.78 is 1.91. The number of nitrogens with zero attached hydrogens (tertiary/aromatic N) is 2. The molecule has 3 nitrogen and oxygen atoms in total. The number of carbonyl (C=O) groups excluding carboxylic acids is 1. The minimum atomic E-state index is 0.0417. The Kier molecular flexibility index (Phi) is 3.05. The van der Waals surface area contributed by atoms with Crippen molar-refractivity contribution >= 4 is 23.0 Å². The van der Waals surface area contributed by atoms with E-state index in [1.54, 1.807) is 24.3 Å². The van der Waals surface area contributed by atoms with E-state index in [1.165, 1.54) is 0 Å². The van der Waals surface area contributed by atoms with Crippen molar-refractivity contribution in [2.75, 3.05) is 0 Å². The van der Waals surface area contributed by atoms with Gasteiger partial charge >= 0.3 is 0 Å². The SMILES string of the molecule is O=C(Cc1cn2ccccc2n1)c1ccc(Cl)cc1. The highest BCUT2D eigenvalue weighted by molar-refractivity contribution is 6.30. The summed E-state index contributed by atoms with van der Waals surface area (Å²) in [6, 6.07) is 12.7. The number of hydrogen-bond acceptors (Lipinski definition) is 2. The summed E-state index contributed by atoms with van der Waals surface area (Å²) in [6.07, 6.45) is 4.09. The number of pyridine rings is 1. The van der Waals surface area contributed by atoms with Crippen LogP contribution >= 0.6 is 11.6 Å². The zero-order valence-corrected chi connectivity index (χ0v) is 10.8. The molecule has 3 rings (SSSR count). The lowest BCUT2D eigenvalue weighted by Crippen LogP contribution is -2.03. The number of halogens is 1. The van der Waals surface area contributed by atoms with Crippen molar-refractivity contribution in [2.24, 2.45) is 0 Å². The van der Waals surface area contributed by atoms with Gasteiger partial charge in [0.05, 0.1) is 12.1 Å². The van der Waals surface area contributed by atoms with E-state index >= 15 is 0 Å². The predicted molar refractivity (Wildman–Crippen MR) is 74.7 cm³/mol. The second-order valence-electron chi connectivity index (χ2n) is 4.31. The number of Topliss-reactive ketones (excluding diaryl/α,β-unsaturated/α-hetero) is 1. The molecule has 0 aliphatic heterocycles. The van der Waals surface area contributed by atoms with Crippen molar-refractivity contribution < 1.29 is 4.79 Å². The third-order valence-corrected chi connectivity index (χ3v) is 3.17. The molecular formula is C15H11ClN2O. The molecule has 0 aliphatic rings. The van der Waals surface area contributed by atoms with Gasteiger partial charge in [-0.1, -0.05) is 17.7 Å². The molecule has 0 bridgehead atoms. The summed E-state index contributed by atoms with van der Waals surface area (Å²) in [6.45, 7) is 0. The van der Waals surface area contributed by atoms with Crippen molar-refractivity contribution in [3.8, 4) is 0 Å². The van der Waals surface area contributed by atoms with Gasteiger partial charge in [-0.3, -0.25) is 4.79 Å². The van der Waals surface area contributed by atoms with Gasteiger partial charge < -0.3 is 4.40 Å². The maximum Gasteiger partial charge on any atom is 0.168 e. The number of benzene rings is 1. The molecule has 0 N–H and O–H groups in total. The zero-order valence-electron chi connectivity index (χ0n) is 10.1. The molecule has 4 heteroatoms. The number of imidazole rings is 1. The molecule has 0 fully saturated rings. The Balaban J connectivity index is 1.84. The first kappa shape index (κ1) is 11.9. The van der Waals surface area contributed by atoms with Crippen molar-refractivity contribution in [3.63, 3.8) is 0 Å². The lowest BCUT2D eigenvalue weighted by Gasteiger charge is -1.98. The monoisotopic (exact) mass is 270 g/mol. The minimum Gasteiger partial charge on any atom is -0.307 e. The van der Waals surface area contributed by atoms with Crippen LogP contribution in [0.4, 0.5) is 0 Å². The highest BCUT2D eigenvalue weighted by atomic mass is 35.5. The first-order valence-corrected chi connectivity index (χ1v) is 6.31. The lowest BCUT2D eigenvalue weighted by molar-refractivity contribution is 0.0992. The van der Waals surface area contributed by atoms with E-state index in [2.05, 4.69) is 4.98 Å². The van der Waals surface area contributed by atoms with Crippen molar-refractivity contribution in [3.05, 3.63) is 71.1 Å². The number of ketones is 1. The van der Waals surface area contributed by atoms with E-state index in [1.807, 2.05) is 35.0 Å². The third kappa shape index (κ3) is 2.51. The molecule has 1 aromatic carbocycles. The van der Waals surface area contributed by atoms with Gasteiger partial charge in [-0.2, -0.15) is 0 Å². The van der Waals surface area contributed by atoms with Crippen LogP contribution in [-0.2, 0) is 6.42 Å². The minimum absolute atomic E-state index is 0.0417. The molecular weight excluding hydrogens is 260 g/mol. The van der Waals surface area contributed by atoms with Gasteiger partial charge in [-0.25, -0.2) is 4.98 Å². The summed E-state index contributed by atoms with van der Waals surface area (Å²) in [7, 11) is 0. The highest BCUT2D eigenvalue weighted by Crippen LogP contribution is 2.12. The van der Waals surface area contributed by atoms with Gasteiger partial charge in [-0.15, -0.1) is 0 Å². The molecule has 0 radical (unpaired) electrons. The molecule has 0 aliphatic carbocycles. The van der Waals surface area contributed by atoms with Gasteiger partial charge in [0.15, 0.2) is 5.78 Å².